The van der Waals surface area contributed by atoms with Gasteiger partial charge < -0.3 is 5.32 Å². The lowest BCUT2D eigenvalue weighted by atomic mass is 9.93. The maximum absolute atomic E-state index is 13.5. The Morgan fingerprint density at radius 3 is 2.58 bits per heavy atom. The van der Waals surface area contributed by atoms with Gasteiger partial charge in [0, 0.05) is 30.5 Å². The van der Waals surface area contributed by atoms with E-state index in [-0.39, 0.29) is 17.4 Å². The van der Waals surface area contributed by atoms with Crippen LogP contribution in [0.5, 0.6) is 0 Å². The number of nitrogens with one attached hydrogen (secondary N) is 2. The van der Waals surface area contributed by atoms with Gasteiger partial charge in [-0.2, -0.15) is 5.10 Å². The van der Waals surface area contributed by atoms with E-state index in [9.17, 15) is 14.4 Å². The molecule has 3 heterocycles. The fourth-order valence-corrected chi connectivity index (χ4v) is 4.46. The minimum Gasteiger partial charge on any atom is -0.338 e. The summed E-state index contributed by atoms with van der Waals surface area (Å²) in [6, 6.07) is 16.6. The van der Waals surface area contributed by atoms with E-state index in [4.69, 9.17) is 0 Å². The number of H-pyrrole nitrogens is 1. The highest BCUT2D eigenvalue weighted by Crippen LogP contribution is 2.44. The Balaban J connectivity index is 1.56. The van der Waals surface area contributed by atoms with Gasteiger partial charge in [-0.1, -0.05) is 36.4 Å². The molecule has 8 nitrogen and oxygen atoms in total. The van der Waals surface area contributed by atoms with Crippen molar-refractivity contribution < 1.29 is 9.59 Å². The van der Waals surface area contributed by atoms with Crippen molar-refractivity contribution in [2.75, 3.05) is 4.90 Å². The van der Waals surface area contributed by atoms with E-state index in [1.165, 1.54) is 6.92 Å². The van der Waals surface area contributed by atoms with Gasteiger partial charge in [0.05, 0.1) is 28.7 Å². The lowest BCUT2D eigenvalue weighted by Gasteiger charge is -2.25. The third-order valence-corrected chi connectivity index (χ3v) is 5.93. The molecule has 1 atom stereocenters. The Morgan fingerprint density at radius 1 is 1.06 bits per heavy atom. The monoisotopic (exact) mass is 439 g/mol. The van der Waals surface area contributed by atoms with Gasteiger partial charge in [-0.05, 0) is 30.7 Å². The molecule has 0 aliphatic carbocycles. The molecule has 5 rings (SSSR count). The molecule has 1 aliphatic heterocycles. The van der Waals surface area contributed by atoms with Crippen LogP contribution < -0.4 is 15.8 Å². The molecule has 8 heteroatoms. The zero-order valence-electron chi connectivity index (χ0n) is 18.1. The Hall–Kier alpha value is -4.33. The van der Waals surface area contributed by atoms with E-state index in [0.717, 1.165) is 16.5 Å². The lowest BCUT2D eigenvalue weighted by molar-refractivity contribution is -0.129. The van der Waals surface area contributed by atoms with E-state index < -0.39 is 5.54 Å². The highest BCUT2D eigenvalue weighted by Gasteiger charge is 2.48. The van der Waals surface area contributed by atoms with Crippen molar-refractivity contribution in [3.05, 3.63) is 94.2 Å². The molecule has 2 N–H and O–H groups in total. The molecule has 0 spiro atoms. The van der Waals surface area contributed by atoms with E-state index >= 15 is 0 Å². The fraction of sp³-hybridized carbons (Fsp3) is 0.160. The van der Waals surface area contributed by atoms with Crippen LogP contribution in [-0.4, -0.2) is 27.0 Å². The number of hydrogen-bond donors (Lipinski definition) is 2. The number of aromatic amines is 1. The third-order valence-electron chi connectivity index (χ3n) is 5.93. The summed E-state index contributed by atoms with van der Waals surface area (Å²) in [7, 11) is 0. The van der Waals surface area contributed by atoms with Gasteiger partial charge in [-0.15, -0.1) is 0 Å². The largest absolute Gasteiger partial charge is 0.338 e. The van der Waals surface area contributed by atoms with Crippen molar-refractivity contribution in [3.63, 3.8) is 0 Å². The Kier molecular flexibility index (Phi) is 4.78. The quantitative estimate of drug-likeness (QED) is 0.508. The minimum absolute atomic E-state index is 0.238. The first-order valence-electron chi connectivity index (χ1n) is 10.5. The zero-order chi connectivity index (χ0) is 23.2. The van der Waals surface area contributed by atoms with Crippen LogP contribution in [0, 0.1) is 0 Å². The number of aromatic nitrogens is 3. The highest BCUT2D eigenvalue weighted by molar-refractivity contribution is 6.13. The first-order valence-corrected chi connectivity index (χ1v) is 10.5. The topological polar surface area (TPSA) is 108 Å². The molecule has 0 bridgehead atoms. The highest BCUT2D eigenvalue weighted by atomic mass is 16.2. The second-order valence-electron chi connectivity index (χ2n) is 8.24. The molecular weight excluding hydrogens is 418 g/mol. The van der Waals surface area contributed by atoms with E-state index in [1.54, 1.807) is 30.3 Å². The second kappa shape index (κ2) is 7.67. The molecular formula is C25H21N5O3. The fourth-order valence-electron chi connectivity index (χ4n) is 4.46. The average molecular weight is 439 g/mol. The minimum atomic E-state index is -1.17. The summed E-state index contributed by atoms with van der Waals surface area (Å²) >= 11 is 0. The Labute approximate surface area is 189 Å². The van der Waals surface area contributed by atoms with Crippen molar-refractivity contribution in [1.82, 2.24) is 20.5 Å². The molecule has 4 aromatic rings. The zero-order valence-corrected chi connectivity index (χ0v) is 18.1. The van der Waals surface area contributed by atoms with Gasteiger partial charge in [0.25, 0.3) is 11.5 Å². The maximum atomic E-state index is 13.5. The number of para-hydroxylation sites is 1. The molecule has 33 heavy (non-hydrogen) atoms. The number of nitrogens with zero attached hydrogens (tertiary/aromatic N) is 3. The van der Waals surface area contributed by atoms with E-state index in [1.807, 2.05) is 48.5 Å². The number of fused-ring (bicyclic) bond motifs is 2. The summed E-state index contributed by atoms with van der Waals surface area (Å²) in [6.45, 7) is 3.11. The smallest absolute Gasteiger partial charge is 0.272 e. The predicted octanol–water partition coefficient (Wildman–Crippen LogP) is 2.94. The normalized spacial score (nSPS) is 17.3. The first kappa shape index (κ1) is 20.6. The molecule has 164 valence electrons. The molecule has 0 radical (unpaired) electrons. The summed E-state index contributed by atoms with van der Waals surface area (Å²) in [5.74, 6) is -0.545. The van der Waals surface area contributed by atoms with Gasteiger partial charge in [0.15, 0.2) is 0 Å². The number of amides is 2. The maximum Gasteiger partial charge on any atom is 0.272 e. The molecule has 1 aliphatic rings. The molecule has 2 aromatic carbocycles. The van der Waals surface area contributed by atoms with Crippen molar-refractivity contribution in [2.45, 2.75) is 25.8 Å². The summed E-state index contributed by atoms with van der Waals surface area (Å²) in [4.78, 5) is 43.4. The van der Waals surface area contributed by atoms with E-state index in [2.05, 4.69) is 20.5 Å². The summed E-state index contributed by atoms with van der Waals surface area (Å²) < 4.78 is 0. The van der Waals surface area contributed by atoms with Crippen molar-refractivity contribution in [2.24, 2.45) is 0 Å². The van der Waals surface area contributed by atoms with Gasteiger partial charge in [0.1, 0.15) is 5.54 Å². The van der Waals surface area contributed by atoms with Crippen LogP contribution in [-0.2, 0) is 21.5 Å². The number of benzene rings is 2. The van der Waals surface area contributed by atoms with Crippen molar-refractivity contribution in [1.29, 1.82) is 0 Å². The lowest BCUT2D eigenvalue weighted by Crippen LogP contribution is -2.49. The summed E-state index contributed by atoms with van der Waals surface area (Å²) in [5.41, 5.74) is 2.14. The van der Waals surface area contributed by atoms with Gasteiger partial charge in [-0.3, -0.25) is 24.3 Å². The van der Waals surface area contributed by atoms with Crippen LogP contribution in [0.2, 0.25) is 0 Å². The molecule has 0 fully saturated rings. The number of carbonyl (C=O) groups excluding carboxylic acids is 2. The Morgan fingerprint density at radius 2 is 1.79 bits per heavy atom. The summed E-state index contributed by atoms with van der Waals surface area (Å²) in [5, 5.41) is 10.9. The Bertz CT molecular complexity index is 1480. The van der Waals surface area contributed by atoms with Crippen LogP contribution in [0.25, 0.3) is 10.8 Å². The standard InChI is InChI=1S/C25H21N5O3/c1-15(31)27-25(2)20-9-5-6-10-22(20)30(24(25)33)17-11-16(13-26-14-17)12-21-18-7-3-4-8-19(18)23(32)29-28-21/h3-11,13-14H,12H2,1-2H3,(H,27,31)(H,29,32). The van der Waals surface area contributed by atoms with Gasteiger partial charge in [0.2, 0.25) is 5.91 Å². The average Bonchev–Trinajstić information content (AvgIpc) is 3.02. The molecule has 2 aromatic heterocycles. The van der Waals surface area contributed by atoms with Crippen molar-refractivity contribution >= 4 is 34.0 Å². The van der Waals surface area contributed by atoms with Crippen LogP contribution in [0.3, 0.4) is 0 Å². The van der Waals surface area contributed by atoms with Crippen LogP contribution in [0.15, 0.2) is 71.8 Å². The van der Waals surface area contributed by atoms with Crippen LogP contribution in [0.1, 0.15) is 30.7 Å². The molecule has 0 saturated carbocycles. The molecule has 2 amide bonds. The second-order valence-corrected chi connectivity index (χ2v) is 8.24. The molecule has 1 unspecified atom stereocenters. The predicted molar refractivity (Wildman–Crippen MR) is 124 cm³/mol. The number of pyridine rings is 1. The van der Waals surface area contributed by atoms with Gasteiger partial charge >= 0.3 is 0 Å². The first-order chi connectivity index (χ1) is 15.9. The van der Waals surface area contributed by atoms with Crippen molar-refractivity contribution in [3.8, 4) is 0 Å². The SMILES string of the molecule is CC(=O)NC1(C)C(=O)N(c2cncc(Cc3n[nH]c(=O)c4ccccc34)c2)c2ccccc21. The van der Waals surface area contributed by atoms with Crippen LogP contribution >= 0.6 is 0 Å². The van der Waals surface area contributed by atoms with Crippen LogP contribution in [0.4, 0.5) is 11.4 Å². The summed E-state index contributed by atoms with van der Waals surface area (Å²) in [6.07, 6.45) is 3.76. The third kappa shape index (κ3) is 3.36. The number of carbonyl (C=O) groups is 2. The molecule has 0 saturated heterocycles. The van der Waals surface area contributed by atoms with E-state index in [0.29, 0.717) is 28.9 Å². The van der Waals surface area contributed by atoms with Gasteiger partial charge in [-0.25, -0.2) is 5.10 Å². The number of anilines is 2. The number of hydrogen-bond acceptors (Lipinski definition) is 5. The number of rotatable bonds is 4.